The summed E-state index contributed by atoms with van der Waals surface area (Å²) >= 11 is 0. The van der Waals surface area contributed by atoms with Gasteiger partial charge >= 0.3 is 6.03 Å². The lowest BCUT2D eigenvalue weighted by atomic mass is 10.1. The molecule has 0 aliphatic carbocycles. The van der Waals surface area contributed by atoms with Crippen molar-refractivity contribution < 1.29 is 14.5 Å². The summed E-state index contributed by atoms with van der Waals surface area (Å²) in [5, 5.41) is 16.3. The van der Waals surface area contributed by atoms with Crippen molar-refractivity contribution in [3.05, 3.63) is 64.2 Å². The smallest absolute Gasteiger partial charge is 0.319 e. The maximum atomic E-state index is 12.1. The number of rotatable bonds is 7. The second-order valence-corrected chi connectivity index (χ2v) is 5.67. The summed E-state index contributed by atoms with van der Waals surface area (Å²) in [6.07, 6.45) is 1.66. The molecule has 2 aromatic rings. The molecule has 0 bridgehead atoms. The average molecular weight is 343 g/mol. The minimum atomic E-state index is -0.516. The van der Waals surface area contributed by atoms with Crippen LogP contribution in [-0.2, 0) is 6.42 Å². The van der Waals surface area contributed by atoms with E-state index in [1.54, 1.807) is 0 Å². The molecule has 0 heterocycles. The van der Waals surface area contributed by atoms with Crippen LogP contribution in [-0.4, -0.2) is 24.1 Å². The molecule has 25 heavy (non-hydrogen) atoms. The van der Waals surface area contributed by atoms with Crippen molar-refractivity contribution in [1.29, 1.82) is 0 Å². The van der Waals surface area contributed by atoms with E-state index < -0.39 is 4.92 Å². The zero-order chi connectivity index (χ0) is 18.2. The molecule has 132 valence electrons. The topological polar surface area (TPSA) is 93.5 Å². The number of carbonyl (C=O) groups is 1. The zero-order valence-electron chi connectivity index (χ0n) is 14.2. The lowest BCUT2D eigenvalue weighted by molar-refractivity contribution is -0.384. The van der Waals surface area contributed by atoms with E-state index in [1.807, 2.05) is 25.1 Å². The SMILES string of the molecule is COc1cc([N+](=O)[O-])ccc1NC(=O)N[C@@H](C)CCc1ccccc1. The number of methoxy groups -OCH3 is 1. The Morgan fingerprint density at radius 2 is 1.96 bits per heavy atom. The minimum Gasteiger partial charge on any atom is -0.494 e. The number of non-ortho nitro benzene ring substituents is 1. The van der Waals surface area contributed by atoms with Gasteiger partial charge in [0.1, 0.15) is 5.75 Å². The number of hydrogen-bond acceptors (Lipinski definition) is 4. The standard InChI is InChI=1S/C18H21N3O4/c1-13(8-9-14-6-4-3-5-7-14)19-18(22)20-16-11-10-15(21(23)24)12-17(16)25-2/h3-7,10-13H,8-9H2,1-2H3,(H2,19,20,22)/t13-/m0/s1. The van der Waals surface area contributed by atoms with Gasteiger partial charge in [0, 0.05) is 12.1 Å². The highest BCUT2D eigenvalue weighted by atomic mass is 16.6. The molecular weight excluding hydrogens is 322 g/mol. The molecule has 0 fully saturated rings. The van der Waals surface area contributed by atoms with Gasteiger partial charge in [0.2, 0.25) is 0 Å². The number of nitrogens with zero attached hydrogens (tertiary/aromatic N) is 1. The molecule has 0 aromatic heterocycles. The van der Waals surface area contributed by atoms with E-state index in [9.17, 15) is 14.9 Å². The molecule has 0 radical (unpaired) electrons. The number of carbonyl (C=O) groups excluding carboxylic acids is 1. The average Bonchev–Trinajstić information content (AvgIpc) is 2.61. The number of anilines is 1. The van der Waals surface area contributed by atoms with Gasteiger partial charge in [-0.3, -0.25) is 10.1 Å². The Morgan fingerprint density at radius 1 is 1.24 bits per heavy atom. The first-order chi connectivity index (χ1) is 12.0. The number of nitrogens with one attached hydrogen (secondary N) is 2. The Balaban J connectivity index is 1.90. The third kappa shape index (κ3) is 5.49. The van der Waals surface area contributed by atoms with Crippen LogP contribution < -0.4 is 15.4 Å². The Labute approximate surface area is 146 Å². The Hall–Kier alpha value is -3.09. The van der Waals surface area contributed by atoms with Crippen molar-refractivity contribution in [2.45, 2.75) is 25.8 Å². The van der Waals surface area contributed by atoms with E-state index in [4.69, 9.17) is 4.74 Å². The fraction of sp³-hybridized carbons (Fsp3) is 0.278. The van der Waals surface area contributed by atoms with Gasteiger partial charge in [0.25, 0.3) is 5.69 Å². The van der Waals surface area contributed by atoms with Gasteiger partial charge < -0.3 is 15.4 Å². The highest BCUT2D eigenvalue weighted by Gasteiger charge is 2.14. The fourth-order valence-corrected chi connectivity index (χ4v) is 2.38. The van der Waals surface area contributed by atoms with Crippen LogP contribution in [0.1, 0.15) is 18.9 Å². The number of nitro benzene ring substituents is 1. The lowest BCUT2D eigenvalue weighted by Crippen LogP contribution is -2.36. The summed E-state index contributed by atoms with van der Waals surface area (Å²) in [4.78, 5) is 22.4. The number of urea groups is 1. The molecule has 2 rings (SSSR count). The predicted molar refractivity (Wildman–Crippen MR) is 96.0 cm³/mol. The first kappa shape index (κ1) is 18.3. The van der Waals surface area contributed by atoms with Crippen molar-refractivity contribution in [3.8, 4) is 5.75 Å². The molecule has 7 heteroatoms. The Kier molecular flexibility index (Phi) is 6.33. The van der Waals surface area contributed by atoms with E-state index in [2.05, 4.69) is 22.8 Å². The fourth-order valence-electron chi connectivity index (χ4n) is 2.38. The van der Waals surface area contributed by atoms with Gasteiger partial charge in [-0.15, -0.1) is 0 Å². The number of benzene rings is 2. The monoisotopic (exact) mass is 343 g/mol. The largest absolute Gasteiger partial charge is 0.494 e. The van der Waals surface area contributed by atoms with Crippen molar-refractivity contribution in [1.82, 2.24) is 5.32 Å². The molecule has 0 unspecified atom stereocenters. The molecule has 0 saturated carbocycles. The molecule has 2 aromatic carbocycles. The number of nitro groups is 1. The van der Waals surface area contributed by atoms with E-state index in [0.717, 1.165) is 12.8 Å². The van der Waals surface area contributed by atoms with Crippen LogP contribution in [0.3, 0.4) is 0 Å². The van der Waals surface area contributed by atoms with Crippen LogP contribution in [0.5, 0.6) is 5.75 Å². The van der Waals surface area contributed by atoms with Crippen molar-refractivity contribution in [2.75, 3.05) is 12.4 Å². The molecule has 0 aliphatic heterocycles. The first-order valence-electron chi connectivity index (χ1n) is 7.93. The number of hydrogen-bond donors (Lipinski definition) is 2. The molecule has 2 N–H and O–H groups in total. The summed E-state index contributed by atoms with van der Waals surface area (Å²) in [5.74, 6) is 0.237. The quantitative estimate of drug-likeness (QED) is 0.591. The van der Waals surface area contributed by atoms with Gasteiger partial charge in [-0.1, -0.05) is 30.3 Å². The molecule has 0 saturated heterocycles. The normalized spacial score (nSPS) is 11.4. The number of ether oxygens (including phenoxy) is 1. The third-order valence-corrected chi connectivity index (χ3v) is 3.73. The minimum absolute atomic E-state index is 0.0238. The van der Waals surface area contributed by atoms with E-state index >= 15 is 0 Å². The van der Waals surface area contributed by atoms with Gasteiger partial charge in [-0.2, -0.15) is 0 Å². The summed E-state index contributed by atoms with van der Waals surface area (Å²) in [6.45, 7) is 1.93. The maximum Gasteiger partial charge on any atom is 0.319 e. The van der Waals surface area contributed by atoms with Gasteiger partial charge in [-0.25, -0.2) is 4.79 Å². The molecule has 1 atom stereocenters. The van der Waals surface area contributed by atoms with E-state index in [0.29, 0.717) is 5.69 Å². The summed E-state index contributed by atoms with van der Waals surface area (Å²) in [5.41, 5.74) is 1.49. The molecule has 0 aliphatic rings. The van der Waals surface area contributed by atoms with Crippen LogP contribution in [0.2, 0.25) is 0 Å². The molecular formula is C18H21N3O4. The van der Waals surface area contributed by atoms with Crippen LogP contribution in [0.4, 0.5) is 16.2 Å². The second kappa shape index (κ2) is 8.68. The lowest BCUT2D eigenvalue weighted by Gasteiger charge is -2.16. The van der Waals surface area contributed by atoms with E-state index in [-0.39, 0.29) is 23.5 Å². The molecule has 7 nitrogen and oxygen atoms in total. The summed E-state index contributed by atoms with van der Waals surface area (Å²) < 4.78 is 5.10. The highest BCUT2D eigenvalue weighted by molar-refractivity contribution is 5.91. The first-order valence-corrected chi connectivity index (χ1v) is 7.93. The van der Waals surface area contributed by atoms with Crippen molar-refractivity contribution in [2.24, 2.45) is 0 Å². The van der Waals surface area contributed by atoms with Gasteiger partial charge in [0.15, 0.2) is 0 Å². The molecule has 0 spiro atoms. The van der Waals surface area contributed by atoms with Crippen LogP contribution in [0.15, 0.2) is 48.5 Å². The van der Waals surface area contributed by atoms with Gasteiger partial charge in [0.05, 0.1) is 23.8 Å². The Morgan fingerprint density at radius 3 is 2.60 bits per heavy atom. The van der Waals surface area contributed by atoms with Crippen molar-refractivity contribution in [3.63, 3.8) is 0 Å². The summed E-state index contributed by atoms with van der Waals surface area (Å²) in [7, 11) is 1.39. The zero-order valence-corrected chi connectivity index (χ0v) is 14.2. The van der Waals surface area contributed by atoms with Crippen LogP contribution in [0, 0.1) is 10.1 Å². The van der Waals surface area contributed by atoms with Gasteiger partial charge in [-0.05, 0) is 31.4 Å². The van der Waals surface area contributed by atoms with Crippen LogP contribution >= 0.6 is 0 Å². The van der Waals surface area contributed by atoms with Crippen molar-refractivity contribution >= 4 is 17.4 Å². The van der Waals surface area contributed by atoms with E-state index in [1.165, 1.54) is 30.9 Å². The number of amides is 2. The second-order valence-electron chi connectivity index (χ2n) is 5.67. The Bertz CT molecular complexity index is 734. The maximum absolute atomic E-state index is 12.1. The predicted octanol–water partition coefficient (Wildman–Crippen LogP) is 3.75. The summed E-state index contributed by atoms with van der Waals surface area (Å²) in [6, 6.07) is 13.7. The molecule has 2 amide bonds. The van der Waals surface area contributed by atoms with Crippen LogP contribution in [0.25, 0.3) is 0 Å². The third-order valence-electron chi connectivity index (χ3n) is 3.73. The number of aryl methyl sites for hydroxylation is 1. The highest BCUT2D eigenvalue weighted by Crippen LogP contribution is 2.28.